The summed E-state index contributed by atoms with van der Waals surface area (Å²) in [6.45, 7) is 7.98. The molecule has 3 nitrogen and oxygen atoms in total. The van der Waals surface area contributed by atoms with Crippen LogP contribution in [-0.2, 0) is 6.54 Å². The maximum Gasteiger partial charge on any atom is 0.0748 e. The molecule has 0 radical (unpaired) electrons. The molecule has 0 amide bonds. The van der Waals surface area contributed by atoms with Gasteiger partial charge in [0.1, 0.15) is 0 Å². The van der Waals surface area contributed by atoms with Gasteiger partial charge in [0, 0.05) is 17.8 Å². The van der Waals surface area contributed by atoms with Gasteiger partial charge >= 0.3 is 0 Å². The first-order valence-corrected chi connectivity index (χ1v) is 7.06. The Labute approximate surface area is 119 Å². The molecule has 1 N–H and O–H groups in total. The second kappa shape index (κ2) is 6.22. The summed E-state index contributed by atoms with van der Waals surface area (Å²) in [6.07, 6.45) is 1.85. The van der Waals surface area contributed by atoms with E-state index in [2.05, 4.69) is 42.5 Å². The first-order valence-electron chi connectivity index (χ1n) is 6.68. The number of benzene rings is 1. The normalized spacial score (nSPS) is 12.6. The van der Waals surface area contributed by atoms with Crippen molar-refractivity contribution < 1.29 is 0 Å². The lowest BCUT2D eigenvalue weighted by atomic mass is 10.0. The molecule has 0 fully saturated rings. The molecular weight excluding hydrogens is 258 g/mol. The minimum atomic E-state index is 0.130. The van der Waals surface area contributed by atoms with Gasteiger partial charge in [0.05, 0.1) is 11.7 Å². The Hall–Kier alpha value is -1.32. The van der Waals surface area contributed by atoms with E-state index in [0.29, 0.717) is 0 Å². The maximum absolute atomic E-state index is 6.24. The summed E-state index contributed by atoms with van der Waals surface area (Å²) < 4.78 is 2.01. The summed E-state index contributed by atoms with van der Waals surface area (Å²) in [4.78, 5) is 0. The van der Waals surface area contributed by atoms with Gasteiger partial charge in [0.2, 0.25) is 0 Å². The average molecular weight is 278 g/mol. The zero-order valence-electron chi connectivity index (χ0n) is 11.7. The lowest BCUT2D eigenvalue weighted by molar-refractivity contribution is 0.542. The van der Waals surface area contributed by atoms with E-state index in [1.54, 1.807) is 0 Å². The van der Waals surface area contributed by atoms with Gasteiger partial charge in [-0.3, -0.25) is 4.68 Å². The highest BCUT2D eigenvalue weighted by atomic mass is 35.5. The van der Waals surface area contributed by atoms with Gasteiger partial charge in [0.25, 0.3) is 0 Å². The molecule has 0 bridgehead atoms. The number of rotatable bonds is 5. The second-order valence-corrected chi connectivity index (χ2v) is 4.98. The third-order valence-corrected chi connectivity index (χ3v) is 3.69. The molecule has 1 aromatic carbocycles. The summed E-state index contributed by atoms with van der Waals surface area (Å²) in [5.41, 5.74) is 3.45. The van der Waals surface area contributed by atoms with Crippen LogP contribution in [0.3, 0.4) is 0 Å². The second-order valence-electron chi connectivity index (χ2n) is 4.57. The Morgan fingerprint density at radius 2 is 2.11 bits per heavy atom. The van der Waals surface area contributed by atoms with Crippen molar-refractivity contribution in [1.29, 1.82) is 0 Å². The predicted molar refractivity (Wildman–Crippen MR) is 79.6 cm³/mol. The van der Waals surface area contributed by atoms with Crippen molar-refractivity contribution in [1.82, 2.24) is 15.1 Å². The van der Waals surface area contributed by atoms with Crippen LogP contribution < -0.4 is 5.32 Å². The van der Waals surface area contributed by atoms with Gasteiger partial charge in [-0.15, -0.1) is 0 Å². The first kappa shape index (κ1) is 14.1. The largest absolute Gasteiger partial charge is 0.305 e. The molecule has 0 aliphatic rings. The van der Waals surface area contributed by atoms with Crippen molar-refractivity contribution in [2.75, 3.05) is 6.54 Å². The van der Waals surface area contributed by atoms with E-state index in [0.717, 1.165) is 23.7 Å². The zero-order chi connectivity index (χ0) is 13.8. The molecule has 2 rings (SSSR count). The van der Waals surface area contributed by atoms with Gasteiger partial charge in [-0.25, -0.2) is 0 Å². The predicted octanol–water partition coefficient (Wildman–Crippen LogP) is 3.56. The fourth-order valence-corrected chi connectivity index (χ4v) is 2.43. The van der Waals surface area contributed by atoms with E-state index in [9.17, 15) is 0 Å². The van der Waals surface area contributed by atoms with Crippen LogP contribution in [0.15, 0.2) is 30.5 Å². The van der Waals surface area contributed by atoms with E-state index in [4.69, 9.17) is 11.6 Å². The SMILES string of the molecule is CCNC(c1ccc(C)c(Cl)c1)c1ccnn1CC. The average Bonchev–Trinajstić information content (AvgIpc) is 2.87. The van der Waals surface area contributed by atoms with Gasteiger partial charge in [0.15, 0.2) is 0 Å². The van der Waals surface area contributed by atoms with Crippen molar-refractivity contribution in [3.8, 4) is 0 Å². The number of nitrogens with one attached hydrogen (secondary N) is 1. The fraction of sp³-hybridized carbons (Fsp3) is 0.400. The summed E-state index contributed by atoms with van der Waals surface area (Å²) in [6, 6.07) is 8.42. The van der Waals surface area contributed by atoms with Gasteiger partial charge in [-0.2, -0.15) is 5.10 Å². The zero-order valence-corrected chi connectivity index (χ0v) is 12.4. The van der Waals surface area contributed by atoms with Crippen LogP contribution in [0.2, 0.25) is 5.02 Å². The Morgan fingerprint density at radius 1 is 1.32 bits per heavy atom. The molecule has 102 valence electrons. The Balaban J connectivity index is 2.42. The van der Waals surface area contributed by atoms with E-state index >= 15 is 0 Å². The van der Waals surface area contributed by atoms with E-state index in [1.165, 1.54) is 11.3 Å². The van der Waals surface area contributed by atoms with Crippen LogP contribution in [0, 0.1) is 6.92 Å². The molecule has 1 unspecified atom stereocenters. The molecule has 1 heterocycles. The van der Waals surface area contributed by atoms with Gasteiger partial charge in [-0.05, 0) is 43.7 Å². The molecule has 0 spiro atoms. The maximum atomic E-state index is 6.24. The number of nitrogens with zero attached hydrogens (tertiary/aromatic N) is 2. The molecule has 0 aliphatic carbocycles. The number of halogens is 1. The third kappa shape index (κ3) is 2.99. The molecule has 0 saturated heterocycles. The van der Waals surface area contributed by atoms with Crippen molar-refractivity contribution in [3.05, 3.63) is 52.3 Å². The number of aromatic nitrogens is 2. The molecule has 1 atom stereocenters. The molecule has 1 aromatic heterocycles. The van der Waals surface area contributed by atoms with Crippen molar-refractivity contribution in [3.63, 3.8) is 0 Å². The molecule has 19 heavy (non-hydrogen) atoms. The lowest BCUT2D eigenvalue weighted by Gasteiger charge is -2.20. The number of hydrogen-bond acceptors (Lipinski definition) is 2. The molecule has 0 saturated carbocycles. The number of aryl methyl sites for hydroxylation is 2. The van der Waals surface area contributed by atoms with Crippen molar-refractivity contribution in [2.24, 2.45) is 0 Å². The van der Waals surface area contributed by atoms with Crippen LogP contribution in [0.25, 0.3) is 0 Å². The quantitative estimate of drug-likeness (QED) is 0.906. The van der Waals surface area contributed by atoms with E-state index in [1.807, 2.05) is 23.9 Å². The van der Waals surface area contributed by atoms with Crippen LogP contribution in [0.1, 0.15) is 36.7 Å². The smallest absolute Gasteiger partial charge is 0.0748 e. The van der Waals surface area contributed by atoms with Crippen molar-refractivity contribution >= 4 is 11.6 Å². The monoisotopic (exact) mass is 277 g/mol. The standard InChI is InChI=1S/C15H20ClN3/c1-4-17-15(14-8-9-18-19(14)5-2)12-7-6-11(3)13(16)10-12/h6-10,15,17H,4-5H2,1-3H3. The van der Waals surface area contributed by atoms with Crippen LogP contribution in [0.5, 0.6) is 0 Å². The topological polar surface area (TPSA) is 29.9 Å². The minimum absolute atomic E-state index is 0.130. The van der Waals surface area contributed by atoms with Crippen LogP contribution in [-0.4, -0.2) is 16.3 Å². The van der Waals surface area contributed by atoms with Crippen molar-refractivity contribution in [2.45, 2.75) is 33.4 Å². The van der Waals surface area contributed by atoms with Gasteiger partial charge < -0.3 is 5.32 Å². The van der Waals surface area contributed by atoms with E-state index < -0.39 is 0 Å². The van der Waals surface area contributed by atoms with E-state index in [-0.39, 0.29) is 6.04 Å². The first-order chi connectivity index (χ1) is 9.17. The molecule has 2 aromatic rings. The Kier molecular flexibility index (Phi) is 4.61. The summed E-state index contributed by atoms with van der Waals surface area (Å²) >= 11 is 6.24. The fourth-order valence-electron chi connectivity index (χ4n) is 2.24. The molecule has 4 heteroatoms. The minimum Gasteiger partial charge on any atom is -0.305 e. The highest BCUT2D eigenvalue weighted by Gasteiger charge is 2.17. The summed E-state index contributed by atoms with van der Waals surface area (Å²) in [7, 11) is 0. The third-order valence-electron chi connectivity index (χ3n) is 3.28. The number of hydrogen-bond donors (Lipinski definition) is 1. The van der Waals surface area contributed by atoms with Gasteiger partial charge in [-0.1, -0.05) is 30.7 Å². The molecular formula is C15H20ClN3. The summed E-state index contributed by atoms with van der Waals surface area (Å²) in [5.74, 6) is 0. The van der Waals surface area contributed by atoms with Crippen LogP contribution >= 0.6 is 11.6 Å². The Morgan fingerprint density at radius 3 is 2.74 bits per heavy atom. The molecule has 0 aliphatic heterocycles. The lowest BCUT2D eigenvalue weighted by Crippen LogP contribution is -2.24. The van der Waals surface area contributed by atoms with Crippen LogP contribution in [0.4, 0.5) is 0 Å². The highest BCUT2D eigenvalue weighted by molar-refractivity contribution is 6.31. The Bertz CT molecular complexity index is 548. The summed E-state index contributed by atoms with van der Waals surface area (Å²) in [5, 5.41) is 8.66. The highest BCUT2D eigenvalue weighted by Crippen LogP contribution is 2.26.